The van der Waals surface area contributed by atoms with Gasteiger partial charge in [-0.2, -0.15) is 0 Å². The maximum Gasteiger partial charge on any atom is 0.194 e. The lowest BCUT2D eigenvalue weighted by atomic mass is 9.87. The minimum atomic E-state index is -1.45. The smallest absolute Gasteiger partial charge is 0.194 e. The van der Waals surface area contributed by atoms with Gasteiger partial charge in [-0.25, -0.2) is 13.2 Å². The van der Waals surface area contributed by atoms with E-state index in [1.54, 1.807) is 0 Å². The molecule has 0 spiro atoms. The van der Waals surface area contributed by atoms with Gasteiger partial charge >= 0.3 is 0 Å². The molecule has 1 rings (SSSR count). The van der Waals surface area contributed by atoms with Crippen molar-refractivity contribution in [2.75, 3.05) is 0 Å². The van der Waals surface area contributed by atoms with Crippen molar-refractivity contribution in [3.8, 4) is 0 Å². The molecule has 17 heavy (non-hydrogen) atoms. The van der Waals surface area contributed by atoms with Crippen molar-refractivity contribution in [2.24, 2.45) is 11.1 Å². The van der Waals surface area contributed by atoms with Gasteiger partial charge < -0.3 is 5.73 Å². The minimum Gasteiger partial charge on any atom is -0.324 e. The van der Waals surface area contributed by atoms with E-state index in [1.807, 2.05) is 20.8 Å². The predicted octanol–water partition coefficient (Wildman–Crippen LogP) is 3.93. The van der Waals surface area contributed by atoms with Gasteiger partial charge in [0.25, 0.3) is 0 Å². The highest BCUT2D eigenvalue weighted by atomic mass is 19.2. The van der Waals surface area contributed by atoms with Crippen molar-refractivity contribution >= 4 is 0 Å². The number of benzene rings is 1. The summed E-state index contributed by atoms with van der Waals surface area (Å²) in [6, 6.07) is 1.51. The van der Waals surface area contributed by atoms with Gasteiger partial charge in [0, 0.05) is 11.6 Å². The zero-order chi connectivity index (χ0) is 13.2. The monoisotopic (exact) mass is 245 g/mol. The molecule has 0 amide bonds. The Kier molecular flexibility index (Phi) is 4.20. The fourth-order valence-corrected chi connectivity index (χ4v) is 1.57. The van der Waals surface area contributed by atoms with Crippen LogP contribution in [0.25, 0.3) is 0 Å². The van der Waals surface area contributed by atoms with Crippen molar-refractivity contribution < 1.29 is 13.2 Å². The van der Waals surface area contributed by atoms with Gasteiger partial charge in [-0.05, 0) is 24.3 Å². The molecule has 0 aliphatic carbocycles. The van der Waals surface area contributed by atoms with Crippen molar-refractivity contribution in [1.82, 2.24) is 0 Å². The fraction of sp³-hybridized carbons (Fsp3) is 0.538. The molecule has 0 saturated carbocycles. The van der Waals surface area contributed by atoms with E-state index >= 15 is 0 Å². The Labute approximate surface area is 99.8 Å². The molecule has 0 fully saturated rings. The van der Waals surface area contributed by atoms with E-state index in [1.165, 1.54) is 6.07 Å². The lowest BCUT2D eigenvalue weighted by molar-refractivity contribution is 0.345. The molecule has 4 heteroatoms. The van der Waals surface area contributed by atoms with Crippen LogP contribution in [0, 0.1) is 22.9 Å². The highest BCUT2D eigenvalue weighted by Crippen LogP contribution is 2.28. The van der Waals surface area contributed by atoms with Crippen LogP contribution in [0.1, 0.15) is 45.2 Å². The highest BCUT2D eigenvalue weighted by molar-refractivity contribution is 5.23. The van der Waals surface area contributed by atoms with Crippen LogP contribution in [0.2, 0.25) is 0 Å². The summed E-state index contributed by atoms with van der Waals surface area (Å²) < 4.78 is 39.2. The molecule has 0 heterocycles. The summed E-state index contributed by atoms with van der Waals surface area (Å²) in [6.45, 7) is 6.13. The molecule has 2 N–H and O–H groups in total. The van der Waals surface area contributed by atoms with Crippen LogP contribution in [0.4, 0.5) is 13.2 Å². The predicted molar refractivity (Wildman–Crippen MR) is 61.9 cm³/mol. The molecule has 0 bridgehead atoms. The van der Waals surface area contributed by atoms with Crippen molar-refractivity contribution in [1.29, 1.82) is 0 Å². The number of rotatable bonds is 3. The average molecular weight is 245 g/mol. The Hall–Kier alpha value is -1.03. The van der Waals surface area contributed by atoms with Crippen LogP contribution in [0.5, 0.6) is 0 Å². The molecule has 0 aliphatic rings. The normalized spacial score (nSPS) is 13.8. The maximum absolute atomic E-state index is 13.4. The first kappa shape index (κ1) is 14.0. The van der Waals surface area contributed by atoms with Crippen LogP contribution >= 0.6 is 0 Å². The minimum absolute atomic E-state index is 0.0353. The largest absolute Gasteiger partial charge is 0.324 e. The third kappa shape index (κ3) is 3.73. The first-order chi connectivity index (χ1) is 7.72. The van der Waals surface area contributed by atoms with Gasteiger partial charge in [0.15, 0.2) is 17.5 Å². The Morgan fingerprint density at radius 3 is 2.24 bits per heavy atom. The van der Waals surface area contributed by atoms with Crippen LogP contribution in [-0.4, -0.2) is 0 Å². The summed E-state index contributed by atoms with van der Waals surface area (Å²) in [5.74, 6) is -3.81. The van der Waals surface area contributed by atoms with E-state index in [0.717, 1.165) is 12.5 Å². The summed E-state index contributed by atoms with van der Waals surface area (Å²) in [4.78, 5) is 0. The SMILES string of the molecule is CC(C)(C)CCC(N)c1ccc(F)c(F)c1F. The van der Waals surface area contributed by atoms with Gasteiger partial charge in [0.2, 0.25) is 0 Å². The average Bonchev–Trinajstić information content (AvgIpc) is 2.22. The van der Waals surface area contributed by atoms with Crippen LogP contribution < -0.4 is 5.73 Å². The first-order valence-corrected chi connectivity index (χ1v) is 5.61. The van der Waals surface area contributed by atoms with Crippen molar-refractivity contribution in [3.05, 3.63) is 35.1 Å². The zero-order valence-electron chi connectivity index (χ0n) is 10.4. The summed E-state index contributed by atoms with van der Waals surface area (Å²) >= 11 is 0. The topological polar surface area (TPSA) is 26.0 Å². The maximum atomic E-state index is 13.4. The first-order valence-electron chi connectivity index (χ1n) is 5.61. The second-order valence-electron chi connectivity index (χ2n) is 5.47. The van der Waals surface area contributed by atoms with E-state index in [9.17, 15) is 13.2 Å². The molecule has 0 saturated heterocycles. The van der Waals surface area contributed by atoms with Gasteiger partial charge in [-0.1, -0.05) is 26.8 Å². The zero-order valence-corrected chi connectivity index (χ0v) is 10.4. The lowest BCUT2D eigenvalue weighted by Gasteiger charge is -2.21. The molecular weight excluding hydrogens is 227 g/mol. The second-order valence-corrected chi connectivity index (χ2v) is 5.47. The Balaban J connectivity index is 2.83. The summed E-state index contributed by atoms with van der Waals surface area (Å²) in [5.41, 5.74) is 5.90. The summed E-state index contributed by atoms with van der Waals surface area (Å²) in [6.07, 6.45) is 1.32. The van der Waals surface area contributed by atoms with Crippen molar-refractivity contribution in [2.45, 2.75) is 39.7 Å². The molecule has 1 unspecified atom stereocenters. The molecule has 0 radical (unpaired) electrons. The number of hydrogen-bond acceptors (Lipinski definition) is 1. The Morgan fingerprint density at radius 1 is 1.12 bits per heavy atom. The molecule has 1 atom stereocenters. The van der Waals surface area contributed by atoms with Crippen LogP contribution in [0.15, 0.2) is 12.1 Å². The summed E-state index contributed by atoms with van der Waals surface area (Å²) in [7, 11) is 0. The van der Waals surface area contributed by atoms with Gasteiger partial charge in [0.1, 0.15) is 0 Å². The van der Waals surface area contributed by atoms with Gasteiger partial charge in [-0.15, -0.1) is 0 Å². The number of halogens is 3. The Morgan fingerprint density at radius 2 is 1.71 bits per heavy atom. The fourth-order valence-electron chi connectivity index (χ4n) is 1.57. The van der Waals surface area contributed by atoms with E-state index in [0.29, 0.717) is 6.42 Å². The third-order valence-electron chi connectivity index (χ3n) is 2.67. The second kappa shape index (κ2) is 5.08. The lowest BCUT2D eigenvalue weighted by Crippen LogP contribution is -2.16. The van der Waals surface area contributed by atoms with Gasteiger partial charge in [0.05, 0.1) is 0 Å². The van der Waals surface area contributed by atoms with E-state index in [2.05, 4.69) is 0 Å². The molecular formula is C13H18F3N. The summed E-state index contributed by atoms with van der Waals surface area (Å²) in [5, 5.41) is 0. The molecule has 0 aliphatic heterocycles. The van der Waals surface area contributed by atoms with E-state index < -0.39 is 23.5 Å². The van der Waals surface area contributed by atoms with Crippen LogP contribution in [-0.2, 0) is 0 Å². The van der Waals surface area contributed by atoms with Gasteiger partial charge in [-0.3, -0.25) is 0 Å². The quantitative estimate of drug-likeness (QED) is 0.802. The van der Waals surface area contributed by atoms with E-state index in [-0.39, 0.29) is 11.0 Å². The standard InChI is InChI=1S/C13H18F3N/c1-13(2,3)7-6-10(17)8-4-5-9(14)12(16)11(8)15/h4-5,10H,6-7,17H2,1-3H3. The molecule has 1 nitrogen and oxygen atoms in total. The molecule has 0 aromatic heterocycles. The number of hydrogen-bond donors (Lipinski definition) is 1. The Bertz CT molecular complexity index is 396. The third-order valence-corrected chi connectivity index (χ3v) is 2.67. The van der Waals surface area contributed by atoms with Crippen LogP contribution in [0.3, 0.4) is 0 Å². The molecule has 1 aromatic rings. The molecule has 96 valence electrons. The highest BCUT2D eigenvalue weighted by Gasteiger charge is 2.20. The van der Waals surface area contributed by atoms with E-state index in [4.69, 9.17) is 5.73 Å². The van der Waals surface area contributed by atoms with Crippen molar-refractivity contribution in [3.63, 3.8) is 0 Å². The number of nitrogens with two attached hydrogens (primary N) is 1. The molecule has 1 aromatic carbocycles.